The lowest BCUT2D eigenvalue weighted by Crippen LogP contribution is -2.47. The fourth-order valence-corrected chi connectivity index (χ4v) is 4.06. The second-order valence-corrected chi connectivity index (χ2v) is 7.42. The van der Waals surface area contributed by atoms with Crippen LogP contribution in [0, 0.1) is 0 Å². The van der Waals surface area contributed by atoms with Gasteiger partial charge in [-0.25, -0.2) is 0 Å². The molecule has 0 bridgehead atoms. The minimum Gasteiger partial charge on any atom is -0.349 e. The van der Waals surface area contributed by atoms with Crippen LogP contribution in [0.3, 0.4) is 0 Å². The van der Waals surface area contributed by atoms with E-state index in [1.165, 1.54) is 10.5 Å². The summed E-state index contributed by atoms with van der Waals surface area (Å²) in [5.74, 6) is 2.17. The molecule has 1 unspecified atom stereocenters. The van der Waals surface area contributed by atoms with Crippen molar-refractivity contribution in [3.63, 3.8) is 0 Å². The van der Waals surface area contributed by atoms with Crippen LogP contribution in [0.5, 0.6) is 0 Å². The van der Waals surface area contributed by atoms with Crippen molar-refractivity contribution in [2.24, 2.45) is 4.99 Å². The fraction of sp³-hybridized carbons (Fsp3) is 0.562. The zero-order chi connectivity index (χ0) is 18.7. The second-order valence-electron chi connectivity index (χ2n) is 6.01. The van der Waals surface area contributed by atoms with Crippen molar-refractivity contribution in [3.05, 3.63) is 29.7 Å². The number of thioether (sulfide) groups is 1. The Morgan fingerprint density at radius 1 is 1.38 bits per heavy atom. The molecule has 2 aromatic heterocycles. The molecule has 1 N–H and O–H groups in total. The molecule has 26 heavy (non-hydrogen) atoms. The molecule has 1 aliphatic rings. The highest BCUT2D eigenvalue weighted by molar-refractivity contribution is 8.00. The number of hydrogen-bond acceptors (Lipinski definition) is 4. The molecule has 0 amide bonds. The summed E-state index contributed by atoms with van der Waals surface area (Å²) < 4.78 is 40.2. The molecule has 142 valence electrons. The number of pyridine rings is 1. The number of halogens is 3. The van der Waals surface area contributed by atoms with Gasteiger partial charge in [0, 0.05) is 37.3 Å². The highest BCUT2D eigenvalue weighted by Crippen LogP contribution is 2.29. The molecule has 0 saturated carbocycles. The lowest BCUT2D eigenvalue weighted by Gasteiger charge is -2.34. The Kier molecular flexibility index (Phi) is 5.59. The van der Waals surface area contributed by atoms with Crippen LogP contribution < -0.4 is 5.32 Å². The Hall–Kier alpha value is -1.97. The molecular formula is C16H21F3N6S. The maximum Gasteiger partial charge on any atom is 0.417 e. The standard InChI is InChI=1S/C16H21F3N6S/c1-3-12-10-24(6-7-26-12)15(20-2)21-8-14-23-22-13-5-4-11(9-25(13)14)16(17,18)19/h4-5,9,12H,3,6-8,10H2,1-2H3,(H,20,21). The first-order valence-electron chi connectivity index (χ1n) is 8.40. The molecular weight excluding hydrogens is 365 g/mol. The molecule has 10 heteroatoms. The first-order valence-corrected chi connectivity index (χ1v) is 9.45. The molecule has 0 aliphatic carbocycles. The van der Waals surface area contributed by atoms with E-state index in [-0.39, 0.29) is 6.54 Å². The van der Waals surface area contributed by atoms with Gasteiger partial charge in [0.15, 0.2) is 17.4 Å². The Morgan fingerprint density at radius 3 is 2.88 bits per heavy atom. The van der Waals surface area contributed by atoms with Crippen LogP contribution in [0.4, 0.5) is 13.2 Å². The van der Waals surface area contributed by atoms with E-state index < -0.39 is 11.7 Å². The van der Waals surface area contributed by atoms with Crippen molar-refractivity contribution < 1.29 is 13.2 Å². The first-order chi connectivity index (χ1) is 12.4. The lowest BCUT2D eigenvalue weighted by atomic mass is 10.3. The van der Waals surface area contributed by atoms with Crippen molar-refractivity contribution in [3.8, 4) is 0 Å². The largest absolute Gasteiger partial charge is 0.417 e. The van der Waals surface area contributed by atoms with Crippen LogP contribution in [-0.2, 0) is 12.7 Å². The SMILES string of the molecule is CCC1CN(C(=NC)NCc2nnc3ccc(C(F)(F)F)cn23)CCS1. The summed E-state index contributed by atoms with van der Waals surface area (Å²) in [5, 5.41) is 11.7. The first kappa shape index (κ1) is 18.8. The third-order valence-corrected chi connectivity index (χ3v) is 5.68. The minimum absolute atomic E-state index is 0.246. The number of guanidine groups is 1. The summed E-state index contributed by atoms with van der Waals surface area (Å²) in [6.07, 6.45) is -2.28. The van der Waals surface area contributed by atoms with Crippen molar-refractivity contribution in [1.29, 1.82) is 0 Å². The van der Waals surface area contributed by atoms with Gasteiger partial charge in [-0.1, -0.05) is 6.92 Å². The summed E-state index contributed by atoms with van der Waals surface area (Å²) in [7, 11) is 1.70. The Labute approximate surface area is 153 Å². The van der Waals surface area contributed by atoms with E-state index >= 15 is 0 Å². The average molecular weight is 386 g/mol. The number of hydrogen-bond donors (Lipinski definition) is 1. The van der Waals surface area contributed by atoms with Gasteiger partial charge < -0.3 is 10.2 Å². The van der Waals surface area contributed by atoms with E-state index in [0.717, 1.165) is 43.5 Å². The third kappa shape index (κ3) is 4.05. The zero-order valence-electron chi connectivity index (χ0n) is 14.6. The molecule has 0 aromatic carbocycles. The van der Waals surface area contributed by atoms with Gasteiger partial charge in [0.2, 0.25) is 0 Å². The summed E-state index contributed by atoms with van der Waals surface area (Å²) in [5.41, 5.74) is -0.348. The monoisotopic (exact) mass is 386 g/mol. The van der Waals surface area contributed by atoms with Crippen molar-refractivity contribution in [1.82, 2.24) is 24.8 Å². The molecule has 1 atom stereocenters. The van der Waals surface area contributed by atoms with Crippen LogP contribution in [0.15, 0.2) is 23.3 Å². The number of alkyl halides is 3. The van der Waals surface area contributed by atoms with E-state index in [1.807, 2.05) is 11.8 Å². The third-order valence-electron chi connectivity index (χ3n) is 4.31. The van der Waals surface area contributed by atoms with E-state index in [0.29, 0.717) is 16.7 Å². The van der Waals surface area contributed by atoms with Crippen LogP contribution in [0.1, 0.15) is 24.7 Å². The van der Waals surface area contributed by atoms with Gasteiger partial charge in [0.1, 0.15) is 0 Å². The highest BCUT2D eigenvalue weighted by Gasteiger charge is 2.31. The predicted octanol–water partition coefficient (Wildman–Crippen LogP) is 2.65. The van der Waals surface area contributed by atoms with E-state index in [9.17, 15) is 13.2 Å². The highest BCUT2D eigenvalue weighted by atomic mass is 32.2. The smallest absolute Gasteiger partial charge is 0.349 e. The molecule has 0 spiro atoms. The summed E-state index contributed by atoms with van der Waals surface area (Å²) in [6.45, 7) is 4.20. The molecule has 6 nitrogen and oxygen atoms in total. The minimum atomic E-state index is -4.40. The number of nitrogens with one attached hydrogen (secondary N) is 1. The second kappa shape index (κ2) is 7.73. The molecule has 2 aromatic rings. The normalized spacial score (nSPS) is 19.2. The van der Waals surface area contributed by atoms with Gasteiger partial charge in [-0.3, -0.25) is 9.39 Å². The zero-order valence-corrected chi connectivity index (χ0v) is 15.4. The van der Waals surface area contributed by atoms with Crippen LogP contribution >= 0.6 is 11.8 Å². The van der Waals surface area contributed by atoms with Crippen molar-refractivity contribution in [2.45, 2.75) is 31.3 Å². The maximum atomic E-state index is 12.9. The molecule has 1 fully saturated rings. The van der Waals surface area contributed by atoms with Gasteiger partial charge >= 0.3 is 6.18 Å². The van der Waals surface area contributed by atoms with Gasteiger partial charge in [-0.2, -0.15) is 24.9 Å². The van der Waals surface area contributed by atoms with E-state index in [2.05, 4.69) is 32.3 Å². The predicted molar refractivity (Wildman–Crippen MR) is 96.3 cm³/mol. The maximum absolute atomic E-state index is 12.9. The Bertz CT molecular complexity index is 788. The summed E-state index contributed by atoms with van der Waals surface area (Å²) in [6, 6.07) is 2.33. The topological polar surface area (TPSA) is 57.8 Å². The Morgan fingerprint density at radius 2 is 2.19 bits per heavy atom. The Balaban J connectivity index is 1.74. The van der Waals surface area contributed by atoms with Gasteiger partial charge in [0.05, 0.1) is 12.1 Å². The quantitative estimate of drug-likeness (QED) is 0.649. The lowest BCUT2D eigenvalue weighted by molar-refractivity contribution is -0.137. The number of rotatable bonds is 3. The van der Waals surface area contributed by atoms with Crippen LogP contribution in [0.2, 0.25) is 0 Å². The number of aliphatic imine (C=N–C) groups is 1. The van der Waals surface area contributed by atoms with Crippen molar-refractivity contribution >= 4 is 23.4 Å². The summed E-state index contributed by atoms with van der Waals surface area (Å²) in [4.78, 5) is 6.48. The number of aromatic nitrogens is 3. The summed E-state index contributed by atoms with van der Waals surface area (Å²) >= 11 is 1.96. The van der Waals surface area contributed by atoms with E-state index in [1.54, 1.807) is 7.05 Å². The molecule has 3 rings (SSSR count). The average Bonchev–Trinajstić information content (AvgIpc) is 3.04. The van der Waals surface area contributed by atoms with Crippen LogP contribution in [0.25, 0.3) is 5.65 Å². The number of fused-ring (bicyclic) bond motifs is 1. The molecule has 1 aliphatic heterocycles. The van der Waals surface area contributed by atoms with Crippen molar-refractivity contribution in [2.75, 3.05) is 25.9 Å². The van der Waals surface area contributed by atoms with Gasteiger partial charge in [0.25, 0.3) is 0 Å². The van der Waals surface area contributed by atoms with Gasteiger partial charge in [-0.15, -0.1) is 10.2 Å². The molecule has 1 saturated heterocycles. The van der Waals surface area contributed by atoms with E-state index in [4.69, 9.17) is 0 Å². The number of nitrogens with zero attached hydrogens (tertiary/aromatic N) is 5. The fourth-order valence-electron chi connectivity index (χ4n) is 2.88. The van der Waals surface area contributed by atoms with Gasteiger partial charge in [-0.05, 0) is 18.6 Å². The van der Waals surface area contributed by atoms with Crippen LogP contribution in [-0.4, -0.2) is 56.6 Å². The molecule has 0 radical (unpaired) electrons. The molecule has 3 heterocycles.